The lowest BCUT2D eigenvalue weighted by atomic mass is 10.1. The van der Waals surface area contributed by atoms with Crippen LogP contribution >= 0.6 is 0 Å². The Hall–Kier alpha value is -1.56. The Labute approximate surface area is 103 Å². The van der Waals surface area contributed by atoms with Gasteiger partial charge in [-0.2, -0.15) is 5.26 Å². The van der Waals surface area contributed by atoms with E-state index in [4.69, 9.17) is 5.26 Å². The molecule has 3 heteroatoms. The van der Waals surface area contributed by atoms with E-state index in [1.165, 1.54) is 25.7 Å². The van der Waals surface area contributed by atoms with Crippen molar-refractivity contribution >= 4 is 5.82 Å². The summed E-state index contributed by atoms with van der Waals surface area (Å²) in [4.78, 5) is 6.81. The van der Waals surface area contributed by atoms with Gasteiger partial charge >= 0.3 is 0 Å². The van der Waals surface area contributed by atoms with E-state index in [1.807, 2.05) is 6.07 Å². The van der Waals surface area contributed by atoms with Crippen LogP contribution in [-0.4, -0.2) is 17.6 Å². The van der Waals surface area contributed by atoms with E-state index in [2.05, 4.69) is 22.9 Å². The number of aromatic nitrogens is 1. The normalized spacial score (nSPS) is 20.7. The first kappa shape index (κ1) is 11.9. The molecule has 0 bridgehead atoms. The molecule has 1 aromatic rings. The number of nitriles is 1. The maximum absolute atomic E-state index is 8.94. The van der Waals surface area contributed by atoms with Crippen molar-refractivity contribution in [1.29, 1.82) is 5.26 Å². The zero-order valence-corrected chi connectivity index (χ0v) is 10.4. The third kappa shape index (κ3) is 2.76. The Balaban J connectivity index is 2.25. The van der Waals surface area contributed by atoms with Gasteiger partial charge in [-0.15, -0.1) is 0 Å². The van der Waals surface area contributed by atoms with Crippen LogP contribution in [0.1, 0.15) is 44.6 Å². The van der Waals surface area contributed by atoms with Crippen LogP contribution in [0.3, 0.4) is 0 Å². The third-order valence-corrected chi connectivity index (χ3v) is 3.52. The van der Waals surface area contributed by atoms with Crippen LogP contribution in [0.25, 0.3) is 0 Å². The van der Waals surface area contributed by atoms with Gasteiger partial charge in [0.2, 0.25) is 0 Å². The molecule has 90 valence electrons. The van der Waals surface area contributed by atoms with Crippen LogP contribution in [0.4, 0.5) is 5.82 Å². The molecule has 1 atom stereocenters. The highest BCUT2D eigenvalue weighted by atomic mass is 15.2. The molecule has 2 heterocycles. The fraction of sp³-hybridized carbons (Fsp3) is 0.571. The van der Waals surface area contributed by atoms with Crippen molar-refractivity contribution in [3.63, 3.8) is 0 Å². The summed E-state index contributed by atoms with van der Waals surface area (Å²) in [6.45, 7) is 3.30. The Morgan fingerprint density at radius 2 is 2.35 bits per heavy atom. The van der Waals surface area contributed by atoms with E-state index in [9.17, 15) is 0 Å². The summed E-state index contributed by atoms with van der Waals surface area (Å²) in [7, 11) is 0. The van der Waals surface area contributed by atoms with Gasteiger partial charge in [-0.3, -0.25) is 0 Å². The summed E-state index contributed by atoms with van der Waals surface area (Å²) in [6.07, 6.45) is 7.99. The summed E-state index contributed by atoms with van der Waals surface area (Å²) < 4.78 is 0. The van der Waals surface area contributed by atoms with Crippen molar-refractivity contribution in [3.05, 3.63) is 23.9 Å². The molecule has 0 N–H and O–H groups in total. The van der Waals surface area contributed by atoms with Crippen LogP contribution < -0.4 is 4.90 Å². The fourth-order valence-electron chi connectivity index (χ4n) is 2.55. The quantitative estimate of drug-likeness (QED) is 0.782. The minimum absolute atomic E-state index is 0.582. The second kappa shape index (κ2) is 5.67. The molecule has 1 aliphatic rings. The molecule has 3 nitrogen and oxygen atoms in total. The monoisotopic (exact) mass is 229 g/mol. The average molecular weight is 229 g/mol. The number of hydrogen-bond acceptors (Lipinski definition) is 3. The zero-order chi connectivity index (χ0) is 12.1. The van der Waals surface area contributed by atoms with Gasteiger partial charge in [0, 0.05) is 18.8 Å². The van der Waals surface area contributed by atoms with E-state index < -0.39 is 0 Å². The second-order valence-corrected chi connectivity index (χ2v) is 4.62. The van der Waals surface area contributed by atoms with Crippen molar-refractivity contribution in [1.82, 2.24) is 4.98 Å². The molecule has 0 aromatic carbocycles. The summed E-state index contributed by atoms with van der Waals surface area (Å²) in [6, 6.07) is 6.45. The number of hydrogen-bond donors (Lipinski definition) is 0. The van der Waals surface area contributed by atoms with E-state index in [-0.39, 0.29) is 0 Å². The van der Waals surface area contributed by atoms with Gasteiger partial charge in [0.1, 0.15) is 5.82 Å². The van der Waals surface area contributed by atoms with Gasteiger partial charge in [0.05, 0.1) is 11.6 Å². The van der Waals surface area contributed by atoms with Crippen LogP contribution in [-0.2, 0) is 0 Å². The molecule has 0 saturated carbocycles. The first-order valence-electron chi connectivity index (χ1n) is 6.48. The first-order valence-corrected chi connectivity index (χ1v) is 6.48. The Morgan fingerprint density at radius 1 is 1.47 bits per heavy atom. The van der Waals surface area contributed by atoms with E-state index in [1.54, 1.807) is 12.3 Å². The van der Waals surface area contributed by atoms with Crippen LogP contribution in [0, 0.1) is 11.3 Å². The van der Waals surface area contributed by atoms with Gasteiger partial charge in [-0.05, 0) is 31.4 Å². The predicted molar refractivity (Wildman–Crippen MR) is 68.8 cm³/mol. The number of nitrogens with zero attached hydrogens (tertiary/aromatic N) is 3. The van der Waals surface area contributed by atoms with Gasteiger partial charge in [0.25, 0.3) is 0 Å². The maximum atomic E-state index is 8.94. The van der Waals surface area contributed by atoms with Crippen molar-refractivity contribution in [2.45, 2.75) is 45.1 Å². The van der Waals surface area contributed by atoms with E-state index in [0.717, 1.165) is 18.8 Å². The minimum Gasteiger partial charge on any atom is -0.354 e. The Morgan fingerprint density at radius 3 is 3.12 bits per heavy atom. The van der Waals surface area contributed by atoms with Crippen LogP contribution in [0.5, 0.6) is 0 Å². The minimum atomic E-state index is 0.582. The van der Waals surface area contributed by atoms with Gasteiger partial charge < -0.3 is 4.90 Å². The maximum Gasteiger partial charge on any atom is 0.130 e. The first-order chi connectivity index (χ1) is 8.35. The van der Waals surface area contributed by atoms with Crippen molar-refractivity contribution in [2.75, 3.05) is 11.4 Å². The predicted octanol–water partition coefficient (Wildman–Crippen LogP) is 3.11. The molecule has 17 heavy (non-hydrogen) atoms. The highest BCUT2D eigenvalue weighted by molar-refractivity contribution is 5.45. The number of rotatable bonds is 2. The van der Waals surface area contributed by atoms with E-state index in [0.29, 0.717) is 11.6 Å². The molecular weight excluding hydrogens is 210 g/mol. The van der Waals surface area contributed by atoms with Gasteiger partial charge in [-0.1, -0.05) is 19.8 Å². The SMILES string of the molecule is CCC1CCCCCN1c1cc(C#N)ccn1. The van der Waals surface area contributed by atoms with Crippen LogP contribution in [0.2, 0.25) is 0 Å². The topological polar surface area (TPSA) is 39.9 Å². The smallest absolute Gasteiger partial charge is 0.130 e. The highest BCUT2D eigenvalue weighted by Gasteiger charge is 2.20. The largest absolute Gasteiger partial charge is 0.354 e. The second-order valence-electron chi connectivity index (χ2n) is 4.62. The van der Waals surface area contributed by atoms with Crippen molar-refractivity contribution in [2.24, 2.45) is 0 Å². The van der Waals surface area contributed by atoms with Gasteiger partial charge in [0.15, 0.2) is 0 Å². The number of anilines is 1. The molecule has 1 aliphatic heterocycles. The molecule has 0 radical (unpaired) electrons. The molecule has 0 amide bonds. The zero-order valence-electron chi connectivity index (χ0n) is 10.4. The lowest BCUT2D eigenvalue weighted by Crippen LogP contribution is -2.35. The molecule has 0 aliphatic carbocycles. The lowest BCUT2D eigenvalue weighted by Gasteiger charge is -2.30. The summed E-state index contributed by atoms with van der Waals surface area (Å²) in [5.74, 6) is 0.970. The molecule has 0 spiro atoms. The van der Waals surface area contributed by atoms with Crippen molar-refractivity contribution in [3.8, 4) is 6.07 Å². The standard InChI is InChI=1S/C14H19N3/c1-2-13-6-4-3-5-9-17(13)14-10-12(11-15)7-8-16-14/h7-8,10,13H,2-6,9H2,1H3. The lowest BCUT2D eigenvalue weighted by molar-refractivity contribution is 0.552. The fourth-order valence-corrected chi connectivity index (χ4v) is 2.55. The molecule has 1 saturated heterocycles. The molecular formula is C14H19N3. The Bertz CT molecular complexity index is 408. The molecule has 2 rings (SSSR count). The van der Waals surface area contributed by atoms with E-state index >= 15 is 0 Å². The average Bonchev–Trinajstić information content (AvgIpc) is 2.63. The molecule has 1 fully saturated rings. The summed E-state index contributed by atoms with van der Waals surface area (Å²) in [5, 5.41) is 8.94. The van der Waals surface area contributed by atoms with Crippen LogP contribution in [0.15, 0.2) is 18.3 Å². The summed E-state index contributed by atoms with van der Waals surface area (Å²) in [5.41, 5.74) is 0.703. The third-order valence-electron chi connectivity index (χ3n) is 3.52. The van der Waals surface area contributed by atoms with Gasteiger partial charge in [-0.25, -0.2) is 4.98 Å². The Kier molecular flexibility index (Phi) is 3.98. The molecule has 1 aromatic heterocycles. The highest BCUT2D eigenvalue weighted by Crippen LogP contribution is 2.24. The number of pyridine rings is 1. The summed E-state index contributed by atoms with van der Waals surface area (Å²) >= 11 is 0. The molecule has 1 unspecified atom stereocenters. The van der Waals surface area contributed by atoms with Crippen molar-refractivity contribution < 1.29 is 0 Å².